The Kier molecular flexibility index (Phi) is 6.05. The fraction of sp³-hybridized carbons (Fsp3) is 0.941. The van der Waals surface area contributed by atoms with Crippen molar-refractivity contribution >= 4 is 27.3 Å². The van der Waals surface area contributed by atoms with Gasteiger partial charge in [0.25, 0.3) is 10.1 Å². The van der Waals surface area contributed by atoms with Crippen molar-refractivity contribution in [3.63, 3.8) is 0 Å². The van der Waals surface area contributed by atoms with Crippen LogP contribution in [0, 0.1) is 11.8 Å². The van der Waals surface area contributed by atoms with Gasteiger partial charge in [-0.1, -0.05) is 12.2 Å². The highest BCUT2D eigenvalue weighted by Crippen LogP contribution is 2.44. The molecule has 4 fully saturated rings. The summed E-state index contributed by atoms with van der Waals surface area (Å²) in [4.78, 5) is 6.71. The minimum absolute atomic E-state index is 0.610. The largest absolute Gasteiger partial charge is 0.362 e. The Hall–Kier alpha value is -0.280. The molecule has 4 saturated heterocycles. The van der Waals surface area contributed by atoms with Gasteiger partial charge in [0.1, 0.15) is 0 Å². The molecule has 0 spiro atoms. The van der Waals surface area contributed by atoms with E-state index in [-0.39, 0.29) is 0 Å². The van der Waals surface area contributed by atoms with E-state index < -0.39 is 10.1 Å². The number of hydrogen-bond acceptors (Lipinski definition) is 5. The second kappa shape index (κ2) is 7.76. The predicted octanol–water partition coefficient (Wildman–Crippen LogP) is 1.37. The molecule has 144 valence electrons. The van der Waals surface area contributed by atoms with Crippen LogP contribution in [-0.4, -0.2) is 78.8 Å². The molecule has 0 amide bonds. The maximum Gasteiger partial charge on any atom is 0.261 e. The molecule has 4 aliphatic rings. The summed E-state index contributed by atoms with van der Waals surface area (Å²) in [5.41, 5.74) is 0. The van der Waals surface area contributed by atoms with Gasteiger partial charge in [0.05, 0.1) is 11.2 Å². The average molecular weight is 390 g/mol. The smallest absolute Gasteiger partial charge is 0.261 e. The van der Waals surface area contributed by atoms with E-state index in [2.05, 4.69) is 22.2 Å². The molecule has 6 nitrogen and oxygen atoms in total. The highest BCUT2D eigenvalue weighted by Gasteiger charge is 2.50. The average Bonchev–Trinajstić information content (AvgIpc) is 2.54. The Morgan fingerprint density at radius 1 is 1.24 bits per heavy atom. The third-order valence-electron chi connectivity index (χ3n) is 6.35. The Balaban J connectivity index is 0.000000324. The number of thiocarbonyl (C=S) groups is 1. The molecule has 5 atom stereocenters. The van der Waals surface area contributed by atoms with Gasteiger partial charge in [0.2, 0.25) is 0 Å². The van der Waals surface area contributed by atoms with Crippen LogP contribution in [0.2, 0.25) is 0 Å². The van der Waals surface area contributed by atoms with Gasteiger partial charge in [-0.05, 0) is 64.1 Å². The Morgan fingerprint density at radius 2 is 1.88 bits per heavy atom. The van der Waals surface area contributed by atoms with Crippen LogP contribution in [0.15, 0.2) is 0 Å². The zero-order valence-electron chi connectivity index (χ0n) is 15.2. The highest BCUT2D eigenvalue weighted by atomic mass is 32.2. The van der Waals surface area contributed by atoms with E-state index >= 15 is 0 Å². The predicted molar refractivity (Wildman–Crippen MR) is 103 cm³/mol. The molecule has 0 aromatic rings. The van der Waals surface area contributed by atoms with Crippen molar-refractivity contribution in [3.05, 3.63) is 0 Å². The second-order valence-corrected chi connectivity index (χ2v) is 9.94. The van der Waals surface area contributed by atoms with Crippen LogP contribution in [0.3, 0.4) is 0 Å². The van der Waals surface area contributed by atoms with Crippen LogP contribution in [-0.2, 0) is 10.1 Å². The maximum absolute atomic E-state index is 9.19. The zero-order chi connectivity index (χ0) is 18.2. The van der Waals surface area contributed by atoms with Crippen molar-refractivity contribution < 1.29 is 13.0 Å². The van der Waals surface area contributed by atoms with E-state index in [4.69, 9.17) is 16.8 Å². The lowest BCUT2D eigenvalue weighted by Crippen LogP contribution is -2.67. The van der Waals surface area contributed by atoms with Crippen LogP contribution in [0.1, 0.15) is 38.5 Å². The van der Waals surface area contributed by atoms with Crippen molar-refractivity contribution in [2.45, 2.75) is 56.7 Å². The third-order valence-corrected chi connectivity index (χ3v) is 6.75. The highest BCUT2D eigenvalue weighted by molar-refractivity contribution is 7.85. The first-order chi connectivity index (χ1) is 11.8. The number of nitrogens with one attached hydrogen (secondary N) is 1. The Bertz CT molecular complexity index is 588. The Labute approximate surface area is 157 Å². The number of piperidine rings is 4. The molecule has 4 aliphatic heterocycles. The molecule has 0 bridgehead atoms. The molecular weight excluding hydrogens is 358 g/mol. The second-order valence-electron chi connectivity index (χ2n) is 8.01. The van der Waals surface area contributed by atoms with E-state index in [1.54, 1.807) is 0 Å². The van der Waals surface area contributed by atoms with Crippen molar-refractivity contribution in [1.82, 2.24) is 15.1 Å². The molecule has 1 unspecified atom stereocenters. The number of fused-ring (bicyclic) bond motifs is 2. The van der Waals surface area contributed by atoms with E-state index in [0.717, 1.165) is 30.3 Å². The molecule has 0 saturated carbocycles. The number of nitrogens with zero attached hydrogens (tertiary/aromatic N) is 2. The number of hydrogen-bond donors (Lipinski definition) is 2. The van der Waals surface area contributed by atoms with Gasteiger partial charge in [0, 0.05) is 31.1 Å². The molecule has 25 heavy (non-hydrogen) atoms. The summed E-state index contributed by atoms with van der Waals surface area (Å²) in [6.45, 7) is 3.95. The molecule has 2 N–H and O–H groups in total. The summed E-state index contributed by atoms with van der Waals surface area (Å²) in [6.07, 6.45) is 8.76. The van der Waals surface area contributed by atoms with Gasteiger partial charge in [0.15, 0.2) is 0 Å². The molecule has 0 radical (unpaired) electrons. The maximum atomic E-state index is 9.19. The van der Waals surface area contributed by atoms with Gasteiger partial charge in [-0.15, -0.1) is 0 Å². The van der Waals surface area contributed by atoms with Crippen molar-refractivity contribution in [2.24, 2.45) is 11.8 Å². The van der Waals surface area contributed by atoms with Crippen molar-refractivity contribution in [3.8, 4) is 0 Å². The van der Waals surface area contributed by atoms with Gasteiger partial charge in [-0.25, -0.2) is 0 Å². The SMILES string of the molecule is CNC1CC(=S)N2C[C@@H]3CCCN4CCC[C@@H]([C@H]34)[C@H]2C1.CS(=O)(=O)O. The number of rotatable bonds is 1. The van der Waals surface area contributed by atoms with Gasteiger partial charge in [-0.3, -0.25) is 9.45 Å². The molecule has 4 heterocycles. The fourth-order valence-electron chi connectivity index (χ4n) is 5.51. The minimum atomic E-state index is -3.67. The fourth-order valence-corrected chi connectivity index (χ4v) is 5.92. The van der Waals surface area contributed by atoms with E-state index in [9.17, 15) is 8.42 Å². The molecule has 0 aliphatic carbocycles. The van der Waals surface area contributed by atoms with E-state index in [0.29, 0.717) is 12.3 Å². The molecule has 8 heteroatoms. The quantitative estimate of drug-likeness (QED) is 0.518. The van der Waals surface area contributed by atoms with Crippen molar-refractivity contribution in [1.29, 1.82) is 0 Å². The van der Waals surface area contributed by atoms with Crippen LogP contribution < -0.4 is 5.32 Å². The van der Waals surface area contributed by atoms with Crippen LogP contribution in [0.25, 0.3) is 0 Å². The molecule has 0 aromatic carbocycles. The zero-order valence-corrected chi connectivity index (χ0v) is 16.9. The van der Waals surface area contributed by atoms with E-state index in [1.165, 1.54) is 56.7 Å². The Morgan fingerprint density at radius 3 is 2.52 bits per heavy atom. The normalized spacial score (nSPS) is 38.3. The standard InChI is InChI=1S/C16H27N3S.CH4O3S/c1-17-12-8-14-13-5-3-7-18-6-2-4-11(16(13)18)10-19(14)15(20)9-12;1-5(2,3)4/h11-14,16-17H,2-10H2,1H3;1H3,(H,2,3,4)/t11-,12?,13+,14+,16-;/m0./s1. The van der Waals surface area contributed by atoms with Crippen LogP contribution >= 0.6 is 12.2 Å². The lowest BCUT2D eigenvalue weighted by Gasteiger charge is -2.60. The summed E-state index contributed by atoms with van der Waals surface area (Å²) < 4.78 is 25.9. The molecule has 4 rings (SSSR count). The summed E-state index contributed by atoms with van der Waals surface area (Å²) in [5, 5.41) is 3.49. The monoisotopic (exact) mass is 389 g/mol. The van der Waals surface area contributed by atoms with Gasteiger partial charge in [-0.2, -0.15) is 8.42 Å². The third kappa shape index (κ3) is 4.53. The lowest BCUT2D eigenvalue weighted by molar-refractivity contribution is -0.0617. The van der Waals surface area contributed by atoms with E-state index in [1.807, 2.05) is 0 Å². The minimum Gasteiger partial charge on any atom is -0.362 e. The first-order valence-corrected chi connectivity index (χ1v) is 11.7. The topological polar surface area (TPSA) is 72.9 Å². The van der Waals surface area contributed by atoms with Gasteiger partial charge >= 0.3 is 0 Å². The summed E-state index contributed by atoms with van der Waals surface area (Å²) in [7, 11) is -1.57. The summed E-state index contributed by atoms with van der Waals surface area (Å²) >= 11 is 5.76. The first kappa shape index (κ1) is 19.5. The van der Waals surface area contributed by atoms with Crippen LogP contribution in [0.4, 0.5) is 0 Å². The van der Waals surface area contributed by atoms with Crippen LogP contribution in [0.5, 0.6) is 0 Å². The summed E-state index contributed by atoms with van der Waals surface area (Å²) in [6, 6.07) is 2.20. The molecule has 0 aromatic heterocycles. The summed E-state index contributed by atoms with van der Waals surface area (Å²) in [5.74, 6) is 1.76. The lowest BCUT2D eigenvalue weighted by atomic mass is 9.67. The molecular formula is C17H31N3O3S2. The van der Waals surface area contributed by atoms with Gasteiger partial charge < -0.3 is 10.2 Å². The van der Waals surface area contributed by atoms with Crippen molar-refractivity contribution in [2.75, 3.05) is 32.9 Å². The first-order valence-electron chi connectivity index (χ1n) is 9.41.